The van der Waals surface area contributed by atoms with Gasteiger partial charge >= 0.3 is 5.97 Å². The smallest absolute Gasteiger partial charge is 0.339 e. The molecule has 0 radical (unpaired) electrons. The molecule has 0 spiro atoms. The lowest BCUT2D eigenvalue weighted by Crippen LogP contribution is -2.07. The Morgan fingerprint density at radius 3 is 2.81 bits per heavy atom. The standard InChI is InChI=1S/C15H11ClN2O2S/c16-13-6-5-9(21-13)7-18-14-10-3-1-2-4-12(10)17-8-11(14)15(19)20/h1-6,8H,7H2,(H,17,18)(H,19,20). The molecule has 0 saturated carbocycles. The van der Waals surface area contributed by atoms with Crippen molar-refractivity contribution in [3.8, 4) is 0 Å². The lowest BCUT2D eigenvalue weighted by atomic mass is 10.1. The van der Waals surface area contributed by atoms with Crippen LogP contribution in [0.25, 0.3) is 10.9 Å². The first-order valence-corrected chi connectivity index (χ1v) is 7.44. The number of nitrogens with one attached hydrogen (secondary N) is 1. The van der Waals surface area contributed by atoms with Crippen LogP contribution in [0, 0.1) is 0 Å². The maximum absolute atomic E-state index is 11.4. The minimum Gasteiger partial charge on any atom is -0.478 e. The number of benzene rings is 1. The molecule has 0 atom stereocenters. The molecule has 0 aliphatic rings. The van der Waals surface area contributed by atoms with Crippen LogP contribution in [0.5, 0.6) is 0 Å². The van der Waals surface area contributed by atoms with Crippen LogP contribution in [-0.2, 0) is 6.54 Å². The number of hydrogen-bond donors (Lipinski definition) is 2. The van der Waals surface area contributed by atoms with Crippen molar-refractivity contribution in [2.75, 3.05) is 5.32 Å². The van der Waals surface area contributed by atoms with E-state index in [0.29, 0.717) is 16.6 Å². The summed E-state index contributed by atoms with van der Waals surface area (Å²) in [5, 5.41) is 13.3. The molecule has 21 heavy (non-hydrogen) atoms. The number of aromatic nitrogens is 1. The summed E-state index contributed by atoms with van der Waals surface area (Å²) >= 11 is 7.37. The number of rotatable bonds is 4. The summed E-state index contributed by atoms with van der Waals surface area (Å²) < 4.78 is 0.713. The fourth-order valence-corrected chi connectivity index (χ4v) is 3.14. The molecule has 2 N–H and O–H groups in total. The topological polar surface area (TPSA) is 62.2 Å². The third-order valence-corrected chi connectivity index (χ3v) is 4.31. The van der Waals surface area contributed by atoms with Crippen LogP contribution in [0.3, 0.4) is 0 Å². The van der Waals surface area contributed by atoms with Crippen molar-refractivity contribution in [1.82, 2.24) is 4.98 Å². The maximum Gasteiger partial charge on any atom is 0.339 e. The number of halogens is 1. The summed E-state index contributed by atoms with van der Waals surface area (Å²) in [6.07, 6.45) is 1.38. The molecule has 3 rings (SSSR count). The Hall–Kier alpha value is -2.11. The second-order valence-corrected chi connectivity index (χ2v) is 6.23. The zero-order chi connectivity index (χ0) is 14.8. The molecule has 1 aromatic carbocycles. The van der Waals surface area contributed by atoms with Crippen LogP contribution in [0.15, 0.2) is 42.6 Å². The van der Waals surface area contributed by atoms with E-state index >= 15 is 0 Å². The van der Waals surface area contributed by atoms with Gasteiger partial charge in [-0.3, -0.25) is 4.98 Å². The van der Waals surface area contributed by atoms with Crippen molar-refractivity contribution in [3.63, 3.8) is 0 Å². The highest BCUT2D eigenvalue weighted by Gasteiger charge is 2.14. The van der Waals surface area contributed by atoms with Gasteiger partial charge in [0.15, 0.2) is 0 Å². The molecule has 0 aliphatic carbocycles. The van der Waals surface area contributed by atoms with Crippen molar-refractivity contribution < 1.29 is 9.90 Å². The van der Waals surface area contributed by atoms with Gasteiger partial charge in [0.1, 0.15) is 5.56 Å². The summed E-state index contributed by atoms with van der Waals surface area (Å²) in [5.74, 6) is -1.00. The first-order valence-electron chi connectivity index (χ1n) is 6.24. The monoisotopic (exact) mass is 318 g/mol. The van der Waals surface area contributed by atoms with Crippen LogP contribution in [0.2, 0.25) is 4.34 Å². The number of carbonyl (C=O) groups is 1. The maximum atomic E-state index is 11.4. The van der Waals surface area contributed by atoms with Gasteiger partial charge in [-0.25, -0.2) is 4.79 Å². The predicted molar refractivity (Wildman–Crippen MR) is 85.4 cm³/mol. The number of anilines is 1. The second kappa shape index (κ2) is 5.71. The molecule has 0 saturated heterocycles. The number of para-hydroxylation sites is 1. The summed E-state index contributed by atoms with van der Waals surface area (Å²) in [7, 11) is 0. The Bertz CT molecular complexity index is 816. The zero-order valence-corrected chi connectivity index (χ0v) is 12.4. The molecular weight excluding hydrogens is 308 g/mol. The molecular formula is C15H11ClN2O2S. The molecule has 106 valence electrons. The van der Waals surface area contributed by atoms with E-state index < -0.39 is 5.97 Å². The number of nitrogens with zero attached hydrogens (tertiary/aromatic N) is 1. The van der Waals surface area contributed by atoms with Crippen LogP contribution < -0.4 is 5.32 Å². The minimum atomic E-state index is -1.00. The van der Waals surface area contributed by atoms with E-state index in [4.69, 9.17) is 11.6 Å². The molecule has 0 aliphatic heterocycles. The summed E-state index contributed by atoms with van der Waals surface area (Å²) in [6, 6.07) is 11.2. The van der Waals surface area contributed by atoms with Crippen LogP contribution in [0.4, 0.5) is 5.69 Å². The third-order valence-electron chi connectivity index (χ3n) is 3.07. The van der Waals surface area contributed by atoms with Crippen LogP contribution in [-0.4, -0.2) is 16.1 Å². The molecule has 4 nitrogen and oxygen atoms in total. The van der Waals surface area contributed by atoms with E-state index in [0.717, 1.165) is 15.8 Å². The van der Waals surface area contributed by atoms with Crippen molar-refractivity contribution in [1.29, 1.82) is 0 Å². The Labute approximate surface area is 130 Å². The van der Waals surface area contributed by atoms with E-state index in [9.17, 15) is 9.90 Å². The molecule has 2 aromatic heterocycles. The quantitative estimate of drug-likeness (QED) is 0.754. The van der Waals surface area contributed by atoms with E-state index in [-0.39, 0.29) is 5.56 Å². The molecule has 0 fully saturated rings. The van der Waals surface area contributed by atoms with Gasteiger partial charge < -0.3 is 10.4 Å². The van der Waals surface area contributed by atoms with E-state index in [2.05, 4.69) is 10.3 Å². The highest BCUT2D eigenvalue weighted by molar-refractivity contribution is 7.16. The zero-order valence-electron chi connectivity index (χ0n) is 10.8. The molecule has 2 heterocycles. The number of carboxylic acid groups (broad SMARTS) is 1. The highest BCUT2D eigenvalue weighted by Crippen LogP contribution is 2.28. The lowest BCUT2D eigenvalue weighted by Gasteiger charge is -2.11. The Morgan fingerprint density at radius 1 is 1.29 bits per heavy atom. The van der Waals surface area contributed by atoms with Crippen molar-refractivity contribution in [2.45, 2.75) is 6.54 Å². The van der Waals surface area contributed by atoms with Crippen molar-refractivity contribution in [2.24, 2.45) is 0 Å². The third kappa shape index (κ3) is 2.84. The van der Waals surface area contributed by atoms with E-state index in [1.807, 2.05) is 36.4 Å². The number of carboxylic acids is 1. The first-order chi connectivity index (χ1) is 10.1. The summed E-state index contributed by atoms with van der Waals surface area (Å²) in [6.45, 7) is 0.520. The van der Waals surface area contributed by atoms with Gasteiger partial charge in [-0.15, -0.1) is 11.3 Å². The van der Waals surface area contributed by atoms with Crippen LogP contribution >= 0.6 is 22.9 Å². The average molecular weight is 319 g/mol. The van der Waals surface area contributed by atoms with Gasteiger partial charge in [0.2, 0.25) is 0 Å². The number of hydrogen-bond acceptors (Lipinski definition) is 4. The SMILES string of the molecule is O=C(O)c1cnc2ccccc2c1NCc1ccc(Cl)s1. The average Bonchev–Trinajstić information content (AvgIpc) is 2.90. The van der Waals surface area contributed by atoms with E-state index in [1.165, 1.54) is 17.5 Å². The lowest BCUT2D eigenvalue weighted by molar-refractivity contribution is 0.0697. The minimum absolute atomic E-state index is 0.163. The van der Waals surface area contributed by atoms with Gasteiger partial charge in [0.05, 0.1) is 15.5 Å². The van der Waals surface area contributed by atoms with Gasteiger partial charge in [0.25, 0.3) is 0 Å². The van der Waals surface area contributed by atoms with Crippen molar-refractivity contribution >= 4 is 45.5 Å². The van der Waals surface area contributed by atoms with E-state index in [1.54, 1.807) is 0 Å². The van der Waals surface area contributed by atoms with Gasteiger partial charge in [-0.05, 0) is 18.2 Å². The Balaban J connectivity index is 2.01. The number of pyridine rings is 1. The Morgan fingerprint density at radius 2 is 2.10 bits per heavy atom. The predicted octanol–water partition coefficient (Wildman–Crippen LogP) is 4.26. The second-order valence-electron chi connectivity index (χ2n) is 4.43. The van der Waals surface area contributed by atoms with Crippen molar-refractivity contribution in [3.05, 3.63) is 57.4 Å². The molecule has 0 unspecified atom stereocenters. The van der Waals surface area contributed by atoms with Gasteiger partial charge in [0, 0.05) is 23.0 Å². The molecule has 0 amide bonds. The normalized spacial score (nSPS) is 10.7. The van der Waals surface area contributed by atoms with Gasteiger partial charge in [-0.2, -0.15) is 0 Å². The van der Waals surface area contributed by atoms with Gasteiger partial charge in [-0.1, -0.05) is 29.8 Å². The fourth-order valence-electron chi connectivity index (χ4n) is 2.12. The number of fused-ring (bicyclic) bond motifs is 1. The Kier molecular flexibility index (Phi) is 3.77. The first kappa shape index (κ1) is 13.9. The molecule has 3 aromatic rings. The highest BCUT2D eigenvalue weighted by atomic mass is 35.5. The summed E-state index contributed by atoms with van der Waals surface area (Å²) in [4.78, 5) is 16.6. The fraction of sp³-hybridized carbons (Fsp3) is 0.0667. The molecule has 6 heteroatoms. The number of thiophene rings is 1. The largest absolute Gasteiger partial charge is 0.478 e. The molecule has 0 bridgehead atoms. The summed E-state index contributed by atoms with van der Waals surface area (Å²) in [5.41, 5.74) is 1.50. The van der Waals surface area contributed by atoms with Crippen LogP contribution in [0.1, 0.15) is 15.2 Å². The number of aromatic carboxylic acids is 1.